The van der Waals surface area contributed by atoms with E-state index in [4.69, 9.17) is 18.9 Å². The average molecular weight is 419 g/mol. The largest absolute Gasteiger partial charge is 0.485 e. The van der Waals surface area contributed by atoms with Crippen molar-refractivity contribution in [2.75, 3.05) is 25.1 Å². The maximum atomic E-state index is 12.2. The van der Waals surface area contributed by atoms with Crippen molar-refractivity contribution in [2.45, 2.75) is 26.4 Å². The third-order valence-electron chi connectivity index (χ3n) is 4.00. The number of esters is 2. The molecule has 1 aliphatic heterocycles. The third kappa shape index (κ3) is 5.05. The molecule has 9 heteroatoms. The fraction of sp³-hybridized carbons (Fsp3) is 0.350. The molecule has 3 rings (SSSR count). The molecule has 0 bridgehead atoms. The van der Waals surface area contributed by atoms with Crippen LogP contribution in [-0.2, 0) is 25.5 Å². The number of fused-ring (bicyclic) bond motifs is 1. The molecule has 8 nitrogen and oxygen atoms in total. The van der Waals surface area contributed by atoms with Crippen molar-refractivity contribution in [3.05, 3.63) is 40.8 Å². The Kier molecular flexibility index (Phi) is 6.71. The van der Waals surface area contributed by atoms with E-state index in [1.54, 1.807) is 37.3 Å². The van der Waals surface area contributed by atoms with Gasteiger partial charge in [0.15, 0.2) is 18.1 Å². The van der Waals surface area contributed by atoms with Gasteiger partial charge in [-0.2, -0.15) is 0 Å². The second-order valence-corrected chi connectivity index (χ2v) is 7.19. The van der Waals surface area contributed by atoms with Gasteiger partial charge in [0.25, 0.3) is 5.91 Å². The molecule has 2 heterocycles. The first-order chi connectivity index (χ1) is 14.0. The summed E-state index contributed by atoms with van der Waals surface area (Å²) in [6.07, 6.45) is -0.246. The van der Waals surface area contributed by atoms with Gasteiger partial charge in [-0.05, 0) is 31.5 Å². The van der Waals surface area contributed by atoms with Crippen LogP contribution < -0.4 is 14.8 Å². The molecule has 0 radical (unpaired) electrons. The Morgan fingerprint density at radius 2 is 1.93 bits per heavy atom. The van der Waals surface area contributed by atoms with Crippen LogP contribution in [0.5, 0.6) is 11.5 Å². The Hall–Kier alpha value is -3.07. The van der Waals surface area contributed by atoms with Crippen LogP contribution in [0.4, 0.5) is 5.00 Å². The van der Waals surface area contributed by atoms with Gasteiger partial charge in [0.1, 0.15) is 11.6 Å². The van der Waals surface area contributed by atoms with Gasteiger partial charge >= 0.3 is 11.9 Å². The molecular formula is C20H21NO7S. The highest BCUT2D eigenvalue weighted by Crippen LogP contribution is 2.31. The molecule has 1 amide bonds. The standard InChI is InChI=1S/C20H21NO7S/c1-3-12-9-13(19(23)25-4-2)18(29-12)21-17(22)11-27-20(24)16-10-26-14-7-5-6-8-15(14)28-16/h5-9,16H,3-4,10-11H2,1-2H3,(H,21,22)/t16-/m1/s1. The minimum Gasteiger partial charge on any atom is -0.485 e. The quantitative estimate of drug-likeness (QED) is 0.689. The fourth-order valence-corrected chi connectivity index (χ4v) is 3.60. The van der Waals surface area contributed by atoms with Crippen molar-refractivity contribution in [1.29, 1.82) is 0 Å². The number of carbonyl (C=O) groups is 3. The second-order valence-electron chi connectivity index (χ2n) is 6.05. The molecule has 0 unspecified atom stereocenters. The summed E-state index contributed by atoms with van der Waals surface area (Å²) >= 11 is 1.28. The summed E-state index contributed by atoms with van der Waals surface area (Å²) in [5, 5.41) is 2.98. The lowest BCUT2D eigenvalue weighted by Crippen LogP contribution is -2.39. The van der Waals surface area contributed by atoms with Crippen LogP contribution >= 0.6 is 11.3 Å². The molecule has 0 saturated heterocycles. The number of hydrogen-bond donors (Lipinski definition) is 1. The highest BCUT2D eigenvalue weighted by molar-refractivity contribution is 7.16. The minimum atomic E-state index is -0.957. The van der Waals surface area contributed by atoms with E-state index < -0.39 is 30.6 Å². The molecule has 0 aliphatic carbocycles. The lowest BCUT2D eigenvalue weighted by Gasteiger charge is -2.24. The molecule has 0 spiro atoms. The van der Waals surface area contributed by atoms with Gasteiger partial charge in [-0.25, -0.2) is 9.59 Å². The summed E-state index contributed by atoms with van der Waals surface area (Å²) in [4.78, 5) is 37.4. The zero-order valence-corrected chi connectivity index (χ0v) is 16.9. The van der Waals surface area contributed by atoms with Crippen molar-refractivity contribution in [1.82, 2.24) is 0 Å². The Labute approximate surface area is 171 Å². The number of thiophene rings is 1. The number of hydrogen-bond acceptors (Lipinski definition) is 8. The predicted octanol–water partition coefficient (Wildman–Crippen LogP) is 2.81. The fourth-order valence-electron chi connectivity index (χ4n) is 2.60. The first-order valence-electron chi connectivity index (χ1n) is 9.16. The number of ether oxygens (including phenoxy) is 4. The molecule has 0 fully saturated rings. The Balaban J connectivity index is 1.56. The SMILES string of the molecule is CCOC(=O)c1cc(CC)sc1NC(=O)COC(=O)[C@H]1COc2ccccc2O1. The Morgan fingerprint density at radius 3 is 2.66 bits per heavy atom. The van der Waals surface area contributed by atoms with Gasteiger partial charge in [-0.15, -0.1) is 11.3 Å². The van der Waals surface area contributed by atoms with Gasteiger partial charge in [0, 0.05) is 4.88 Å². The molecule has 1 aromatic heterocycles. The first kappa shape index (κ1) is 20.7. The van der Waals surface area contributed by atoms with E-state index in [1.807, 2.05) is 6.92 Å². The van der Waals surface area contributed by atoms with Crippen LogP contribution in [0.15, 0.2) is 30.3 Å². The topological polar surface area (TPSA) is 100 Å². The summed E-state index contributed by atoms with van der Waals surface area (Å²) < 4.78 is 21.1. The van der Waals surface area contributed by atoms with E-state index in [0.29, 0.717) is 22.9 Å². The number of amides is 1. The highest BCUT2D eigenvalue weighted by atomic mass is 32.1. The summed E-state index contributed by atoms with van der Waals surface area (Å²) in [7, 11) is 0. The molecule has 29 heavy (non-hydrogen) atoms. The van der Waals surface area contributed by atoms with Crippen LogP contribution in [0, 0.1) is 0 Å². The van der Waals surface area contributed by atoms with Crippen LogP contribution in [-0.4, -0.2) is 43.8 Å². The van der Waals surface area contributed by atoms with E-state index in [2.05, 4.69) is 5.32 Å². The van der Waals surface area contributed by atoms with Gasteiger partial charge in [-0.1, -0.05) is 19.1 Å². The van der Waals surface area contributed by atoms with E-state index in [9.17, 15) is 14.4 Å². The average Bonchev–Trinajstić information content (AvgIpc) is 3.14. The molecular weight excluding hydrogens is 398 g/mol. The van der Waals surface area contributed by atoms with Crippen LogP contribution in [0.25, 0.3) is 0 Å². The van der Waals surface area contributed by atoms with Crippen LogP contribution in [0.1, 0.15) is 29.1 Å². The van der Waals surface area contributed by atoms with E-state index in [1.165, 1.54) is 11.3 Å². The molecule has 1 aliphatic rings. The number of carbonyl (C=O) groups excluding carboxylic acids is 3. The van der Waals surface area contributed by atoms with Crippen molar-refractivity contribution in [2.24, 2.45) is 0 Å². The number of rotatable bonds is 7. The lowest BCUT2D eigenvalue weighted by molar-refractivity contribution is -0.156. The lowest BCUT2D eigenvalue weighted by atomic mass is 10.2. The van der Waals surface area contributed by atoms with Gasteiger partial charge in [0.2, 0.25) is 6.10 Å². The highest BCUT2D eigenvalue weighted by Gasteiger charge is 2.29. The number of para-hydroxylation sites is 2. The molecule has 1 N–H and O–H groups in total. The second kappa shape index (κ2) is 9.42. The maximum absolute atomic E-state index is 12.2. The molecule has 154 valence electrons. The number of anilines is 1. The van der Waals surface area contributed by atoms with E-state index in [0.717, 1.165) is 4.88 Å². The zero-order valence-electron chi connectivity index (χ0n) is 16.1. The van der Waals surface area contributed by atoms with Crippen LogP contribution in [0.3, 0.4) is 0 Å². The van der Waals surface area contributed by atoms with Gasteiger partial charge in [-0.3, -0.25) is 4.79 Å². The zero-order chi connectivity index (χ0) is 20.8. The monoisotopic (exact) mass is 419 g/mol. The third-order valence-corrected chi connectivity index (χ3v) is 5.19. The molecule has 1 aromatic carbocycles. The van der Waals surface area contributed by atoms with Crippen molar-refractivity contribution in [3.8, 4) is 11.5 Å². The Bertz CT molecular complexity index is 908. The summed E-state index contributed by atoms with van der Waals surface area (Å²) in [6.45, 7) is 3.36. The summed E-state index contributed by atoms with van der Waals surface area (Å²) in [5.41, 5.74) is 0.286. The Morgan fingerprint density at radius 1 is 1.17 bits per heavy atom. The first-order valence-corrected chi connectivity index (χ1v) is 9.98. The smallest absolute Gasteiger partial charge is 0.351 e. The number of nitrogens with one attached hydrogen (secondary N) is 1. The van der Waals surface area contributed by atoms with Crippen molar-refractivity contribution < 1.29 is 33.3 Å². The van der Waals surface area contributed by atoms with Gasteiger partial charge < -0.3 is 24.3 Å². The maximum Gasteiger partial charge on any atom is 0.351 e. The summed E-state index contributed by atoms with van der Waals surface area (Å²) in [6, 6.07) is 8.66. The number of aryl methyl sites for hydroxylation is 1. The van der Waals surface area contributed by atoms with E-state index >= 15 is 0 Å². The molecule has 0 saturated carbocycles. The number of benzene rings is 1. The van der Waals surface area contributed by atoms with Crippen molar-refractivity contribution in [3.63, 3.8) is 0 Å². The minimum absolute atomic E-state index is 0.00471. The van der Waals surface area contributed by atoms with Gasteiger partial charge in [0.05, 0.1) is 12.2 Å². The van der Waals surface area contributed by atoms with E-state index in [-0.39, 0.29) is 18.8 Å². The molecule has 2 aromatic rings. The summed E-state index contributed by atoms with van der Waals surface area (Å²) in [5.74, 6) is -0.798. The predicted molar refractivity (Wildman–Crippen MR) is 106 cm³/mol. The van der Waals surface area contributed by atoms with Crippen molar-refractivity contribution >= 4 is 34.2 Å². The normalized spacial score (nSPS) is 14.8. The van der Waals surface area contributed by atoms with Crippen LogP contribution in [0.2, 0.25) is 0 Å². The molecule has 1 atom stereocenters.